The van der Waals surface area contributed by atoms with Crippen LogP contribution < -0.4 is 0 Å². The second-order valence-electron chi connectivity index (χ2n) is 8.34. The van der Waals surface area contributed by atoms with E-state index in [0.717, 1.165) is 6.42 Å². The van der Waals surface area contributed by atoms with Gasteiger partial charge in [-0.15, -0.1) is 0 Å². The molecule has 0 heterocycles. The Morgan fingerprint density at radius 2 is 0.815 bits per heavy atom. The fraction of sp³-hybridized carbons (Fsp3) is 0.769. The molecule has 0 radical (unpaired) electrons. The predicted octanol–water partition coefficient (Wildman–Crippen LogP) is 8.03. The van der Waals surface area contributed by atoms with E-state index in [0.29, 0.717) is 0 Å². The maximum atomic E-state index is 8.95. The summed E-state index contributed by atoms with van der Waals surface area (Å²) in [6.07, 6.45) is 24.9. The monoisotopic (exact) mass is 374 g/mol. The number of rotatable bonds is 19. The molecule has 1 aromatic rings. The molecule has 1 nitrogen and oxygen atoms in total. The molecule has 0 saturated carbocycles. The summed E-state index contributed by atoms with van der Waals surface area (Å²) in [4.78, 5) is 0. The standard InChI is InChI=1S/C26H46O/c1-2-3-4-5-6-7-8-9-10-11-12-13-14-15-16-17-18-25-19-21-26(22-20-25)23-24-27/h19-22,27H,2-18,23-24H2,1H3. The SMILES string of the molecule is CCCCCCCCCCCCCCCCCCc1ccc(CCO)cc1. The average Bonchev–Trinajstić information content (AvgIpc) is 2.69. The van der Waals surface area contributed by atoms with Crippen molar-refractivity contribution in [3.8, 4) is 0 Å². The Morgan fingerprint density at radius 3 is 1.19 bits per heavy atom. The van der Waals surface area contributed by atoms with Gasteiger partial charge in [0.05, 0.1) is 0 Å². The third kappa shape index (κ3) is 14.9. The predicted molar refractivity (Wildman–Crippen MR) is 120 cm³/mol. The number of aliphatic hydroxyl groups excluding tert-OH is 1. The largest absolute Gasteiger partial charge is 0.396 e. The van der Waals surface area contributed by atoms with Crippen molar-refractivity contribution in [3.63, 3.8) is 0 Å². The number of hydrogen-bond donors (Lipinski definition) is 1. The molecule has 27 heavy (non-hydrogen) atoms. The van der Waals surface area contributed by atoms with E-state index in [9.17, 15) is 0 Å². The van der Waals surface area contributed by atoms with Crippen LogP contribution in [-0.4, -0.2) is 11.7 Å². The van der Waals surface area contributed by atoms with Gasteiger partial charge in [0.1, 0.15) is 0 Å². The first-order valence-electron chi connectivity index (χ1n) is 12.1. The van der Waals surface area contributed by atoms with Gasteiger partial charge in [-0.1, -0.05) is 128 Å². The highest BCUT2D eigenvalue weighted by Crippen LogP contribution is 2.15. The van der Waals surface area contributed by atoms with Crippen molar-refractivity contribution in [2.75, 3.05) is 6.61 Å². The Bertz CT molecular complexity index is 409. The van der Waals surface area contributed by atoms with Crippen LogP contribution in [0.2, 0.25) is 0 Å². The summed E-state index contributed by atoms with van der Waals surface area (Å²) in [5, 5.41) is 8.95. The van der Waals surface area contributed by atoms with Crippen LogP contribution in [0, 0.1) is 0 Å². The normalized spacial score (nSPS) is 11.2. The zero-order valence-electron chi connectivity index (χ0n) is 18.2. The minimum absolute atomic E-state index is 0.248. The molecule has 0 aliphatic rings. The molecule has 0 fully saturated rings. The number of aliphatic hydroxyl groups is 1. The van der Waals surface area contributed by atoms with E-state index in [1.807, 2.05) is 0 Å². The van der Waals surface area contributed by atoms with Gasteiger partial charge in [0, 0.05) is 6.61 Å². The Kier molecular flexibility index (Phi) is 16.6. The van der Waals surface area contributed by atoms with Crippen molar-refractivity contribution in [2.45, 2.75) is 122 Å². The molecular formula is C26H46O. The van der Waals surface area contributed by atoms with Gasteiger partial charge in [-0.05, 0) is 30.4 Å². The molecule has 0 spiro atoms. The highest BCUT2D eigenvalue weighted by atomic mass is 16.2. The van der Waals surface area contributed by atoms with Gasteiger partial charge >= 0.3 is 0 Å². The van der Waals surface area contributed by atoms with Crippen LogP contribution in [0.15, 0.2) is 24.3 Å². The third-order valence-electron chi connectivity index (χ3n) is 5.74. The van der Waals surface area contributed by atoms with Gasteiger partial charge in [-0.3, -0.25) is 0 Å². The molecule has 1 aromatic carbocycles. The second-order valence-corrected chi connectivity index (χ2v) is 8.34. The summed E-state index contributed by atoms with van der Waals surface area (Å²) >= 11 is 0. The number of hydrogen-bond acceptors (Lipinski definition) is 1. The lowest BCUT2D eigenvalue weighted by atomic mass is 10.0. The zero-order chi connectivity index (χ0) is 19.4. The van der Waals surface area contributed by atoms with Crippen molar-refractivity contribution in [2.24, 2.45) is 0 Å². The second kappa shape index (κ2) is 18.5. The topological polar surface area (TPSA) is 20.2 Å². The molecule has 0 bridgehead atoms. The lowest BCUT2D eigenvalue weighted by Gasteiger charge is -2.05. The first-order chi connectivity index (χ1) is 13.4. The molecule has 0 unspecified atom stereocenters. The molecule has 1 N–H and O–H groups in total. The Labute approximate surface area is 170 Å². The maximum Gasteiger partial charge on any atom is 0.0471 e. The molecule has 0 atom stereocenters. The van der Waals surface area contributed by atoms with Crippen molar-refractivity contribution in [1.29, 1.82) is 0 Å². The van der Waals surface area contributed by atoms with Gasteiger partial charge in [0.25, 0.3) is 0 Å². The first kappa shape index (κ1) is 24.2. The average molecular weight is 375 g/mol. The maximum absolute atomic E-state index is 8.95. The van der Waals surface area contributed by atoms with Crippen LogP contribution in [0.25, 0.3) is 0 Å². The fourth-order valence-electron chi connectivity index (χ4n) is 3.88. The number of aryl methyl sites for hydroxylation is 1. The third-order valence-corrected chi connectivity index (χ3v) is 5.74. The summed E-state index contributed by atoms with van der Waals surface area (Å²) in [5.74, 6) is 0. The van der Waals surface area contributed by atoms with Crippen LogP contribution in [0.1, 0.15) is 121 Å². The van der Waals surface area contributed by atoms with E-state index in [-0.39, 0.29) is 6.61 Å². The van der Waals surface area contributed by atoms with Crippen LogP contribution >= 0.6 is 0 Å². The van der Waals surface area contributed by atoms with E-state index < -0.39 is 0 Å². The number of benzene rings is 1. The summed E-state index contributed by atoms with van der Waals surface area (Å²) in [6.45, 7) is 2.54. The van der Waals surface area contributed by atoms with Gasteiger partial charge < -0.3 is 5.11 Å². The smallest absolute Gasteiger partial charge is 0.0471 e. The summed E-state index contributed by atoms with van der Waals surface area (Å²) in [7, 11) is 0. The first-order valence-corrected chi connectivity index (χ1v) is 12.1. The van der Waals surface area contributed by atoms with E-state index in [2.05, 4.69) is 31.2 Å². The molecule has 1 heteroatoms. The Morgan fingerprint density at radius 1 is 0.481 bits per heavy atom. The summed E-state index contributed by atoms with van der Waals surface area (Å²) in [5.41, 5.74) is 2.69. The molecule has 156 valence electrons. The molecule has 0 aliphatic carbocycles. The van der Waals surface area contributed by atoms with E-state index in [1.165, 1.54) is 120 Å². The lowest BCUT2D eigenvalue weighted by Crippen LogP contribution is -1.92. The van der Waals surface area contributed by atoms with Crippen LogP contribution in [-0.2, 0) is 12.8 Å². The minimum atomic E-state index is 0.248. The quantitative estimate of drug-likeness (QED) is 0.243. The van der Waals surface area contributed by atoms with E-state index >= 15 is 0 Å². The van der Waals surface area contributed by atoms with Crippen molar-refractivity contribution in [1.82, 2.24) is 0 Å². The minimum Gasteiger partial charge on any atom is -0.396 e. The molecule has 0 saturated heterocycles. The van der Waals surface area contributed by atoms with Crippen molar-refractivity contribution in [3.05, 3.63) is 35.4 Å². The fourth-order valence-corrected chi connectivity index (χ4v) is 3.88. The number of unbranched alkanes of at least 4 members (excludes halogenated alkanes) is 15. The molecule has 0 aliphatic heterocycles. The van der Waals surface area contributed by atoms with Crippen molar-refractivity contribution < 1.29 is 5.11 Å². The van der Waals surface area contributed by atoms with Crippen LogP contribution in [0.4, 0.5) is 0 Å². The molecular weight excluding hydrogens is 328 g/mol. The zero-order valence-corrected chi connectivity index (χ0v) is 18.2. The van der Waals surface area contributed by atoms with Gasteiger partial charge in [0.15, 0.2) is 0 Å². The highest BCUT2D eigenvalue weighted by molar-refractivity contribution is 5.22. The van der Waals surface area contributed by atoms with E-state index in [4.69, 9.17) is 5.11 Å². The molecule has 1 rings (SSSR count). The lowest BCUT2D eigenvalue weighted by molar-refractivity contribution is 0.299. The van der Waals surface area contributed by atoms with Crippen LogP contribution in [0.5, 0.6) is 0 Å². The summed E-state index contributed by atoms with van der Waals surface area (Å²) in [6, 6.07) is 8.79. The molecule has 0 aromatic heterocycles. The Hall–Kier alpha value is -0.820. The summed E-state index contributed by atoms with van der Waals surface area (Å²) < 4.78 is 0. The Balaban J connectivity index is 1.79. The molecule has 0 amide bonds. The van der Waals surface area contributed by atoms with Crippen molar-refractivity contribution >= 4 is 0 Å². The van der Waals surface area contributed by atoms with Gasteiger partial charge in [-0.2, -0.15) is 0 Å². The van der Waals surface area contributed by atoms with E-state index in [1.54, 1.807) is 0 Å². The highest BCUT2D eigenvalue weighted by Gasteiger charge is 1.97. The van der Waals surface area contributed by atoms with Crippen LogP contribution in [0.3, 0.4) is 0 Å². The van der Waals surface area contributed by atoms with Gasteiger partial charge in [0.2, 0.25) is 0 Å². The van der Waals surface area contributed by atoms with Gasteiger partial charge in [-0.25, -0.2) is 0 Å².